The van der Waals surface area contributed by atoms with E-state index in [1.165, 1.54) is 23.9 Å². The number of ether oxygens (including phenoxy) is 1. The van der Waals surface area contributed by atoms with Crippen LogP contribution in [0.3, 0.4) is 0 Å². The molecule has 172 valence electrons. The number of nitrogens with two attached hydrogens (primary N) is 1. The summed E-state index contributed by atoms with van der Waals surface area (Å²) in [6.45, 7) is 0.301. The summed E-state index contributed by atoms with van der Waals surface area (Å²) in [5, 5.41) is 12.7. The Labute approximate surface area is 194 Å². The number of terminal acetylenes is 1. The third-order valence-corrected chi connectivity index (χ3v) is 4.84. The summed E-state index contributed by atoms with van der Waals surface area (Å²) in [5.41, 5.74) is 5.86. The second-order valence-corrected chi connectivity index (χ2v) is 6.83. The van der Waals surface area contributed by atoms with E-state index in [4.69, 9.17) is 10.5 Å². The second-order valence-electron chi connectivity index (χ2n) is 6.83. The number of aliphatic hydroxyl groups is 1. The molecule has 4 rings (SSSR count). The van der Waals surface area contributed by atoms with Crippen LogP contribution in [-0.2, 0) is 6.54 Å². The first-order valence-corrected chi connectivity index (χ1v) is 9.93. The minimum Gasteiger partial charge on any atom is -0.491 e. The molecule has 2 aromatic heterocycles. The SMILES string of the molecule is C#C.CNC(=O)c1c(C(N)=O)nc2n1CCOc1cc(F)c(C#C[C@H](O)c3ccccn3)cc1-2. The summed E-state index contributed by atoms with van der Waals surface area (Å²) >= 11 is 0. The van der Waals surface area contributed by atoms with Crippen LogP contribution in [0.2, 0.25) is 0 Å². The fourth-order valence-corrected chi connectivity index (χ4v) is 3.35. The highest BCUT2D eigenvalue weighted by Crippen LogP contribution is 2.35. The lowest BCUT2D eigenvalue weighted by Gasteiger charge is -2.08. The zero-order valence-corrected chi connectivity index (χ0v) is 18.1. The van der Waals surface area contributed by atoms with E-state index < -0.39 is 23.7 Å². The number of nitrogens with one attached hydrogen (secondary N) is 1. The number of primary amides is 1. The molecule has 0 radical (unpaired) electrons. The predicted octanol–water partition coefficient (Wildman–Crippen LogP) is 1.27. The number of imidazole rings is 1. The molecule has 3 heterocycles. The van der Waals surface area contributed by atoms with Crippen LogP contribution in [0, 0.1) is 30.5 Å². The molecule has 10 heteroatoms. The molecule has 0 saturated heterocycles. The van der Waals surface area contributed by atoms with Crippen LogP contribution in [0.1, 0.15) is 38.3 Å². The van der Waals surface area contributed by atoms with Crippen molar-refractivity contribution in [2.24, 2.45) is 5.73 Å². The third kappa shape index (κ3) is 4.58. The highest BCUT2D eigenvalue weighted by Gasteiger charge is 2.29. The van der Waals surface area contributed by atoms with E-state index in [-0.39, 0.29) is 41.7 Å². The first-order valence-electron chi connectivity index (χ1n) is 9.93. The maximum atomic E-state index is 14.7. The first-order chi connectivity index (χ1) is 16.4. The van der Waals surface area contributed by atoms with Crippen LogP contribution < -0.4 is 15.8 Å². The van der Waals surface area contributed by atoms with Gasteiger partial charge in [0.2, 0.25) is 0 Å². The molecular formula is C24H20FN5O4. The Kier molecular flexibility index (Phi) is 7.26. The van der Waals surface area contributed by atoms with Crippen molar-refractivity contribution in [3.63, 3.8) is 0 Å². The average Bonchev–Trinajstić information content (AvgIpc) is 3.15. The van der Waals surface area contributed by atoms with Gasteiger partial charge in [-0.15, -0.1) is 12.8 Å². The molecule has 2 amide bonds. The summed E-state index contributed by atoms with van der Waals surface area (Å²) in [7, 11) is 1.42. The van der Waals surface area contributed by atoms with Crippen molar-refractivity contribution in [3.8, 4) is 41.8 Å². The maximum Gasteiger partial charge on any atom is 0.270 e. The van der Waals surface area contributed by atoms with Gasteiger partial charge in [-0.1, -0.05) is 17.9 Å². The summed E-state index contributed by atoms with van der Waals surface area (Å²) in [6, 6.07) is 7.55. The molecule has 1 atom stereocenters. The molecule has 0 saturated carbocycles. The first kappa shape index (κ1) is 24.0. The number of benzene rings is 1. The van der Waals surface area contributed by atoms with Gasteiger partial charge in [0.05, 0.1) is 23.4 Å². The second kappa shape index (κ2) is 10.3. The Morgan fingerprint density at radius 3 is 2.76 bits per heavy atom. The van der Waals surface area contributed by atoms with Crippen molar-refractivity contribution in [1.82, 2.24) is 19.9 Å². The van der Waals surface area contributed by atoms with Crippen LogP contribution >= 0.6 is 0 Å². The number of carbonyl (C=O) groups excluding carboxylic acids is 2. The summed E-state index contributed by atoms with van der Waals surface area (Å²) in [5.74, 6) is 3.51. The van der Waals surface area contributed by atoms with Gasteiger partial charge in [-0.05, 0) is 18.2 Å². The number of hydrogen-bond acceptors (Lipinski definition) is 6. The van der Waals surface area contributed by atoms with Gasteiger partial charge in [-0.2, -0.15) is 0 Å². The van der Waals surface area contributed by atoms with Gasteiger partial charge < -0.3 is 25.5 Å². The largest absolute Gasteiger partial charge is 0.491 e. The number of aliphatic hydroxyl groups excluding tert-OH is 1. The number of nitrogens with zero attached hydrogens (tertiary/aromatic N) is 3. The summed E-state index contributed by atoms with van der Waals surface area (Å²) in [6.07, 6.45) is 8.30. The van der Waals surface area contributed by atoms with Crippen molar-refractivity contribution < 1.29 is 23.8 Å². The van der Waals surface area contributed by atoms with E-state index in [2.05, 4.69) is 40.0 Å². The molecule has 0 fully saturated rings. The smallest absolute Gasteiger partial charge is 0.270 e. The molecule has 3 aromatic rings. The van der Waals surface area contributed by atoms with Crippen LogP contribution in [-0.4, -0.2) is 45.1 Å². The van der Waals surface area contributed by atoms with Gasteiger partial charge in [0, 0.05) is 19.3 Å². The highest BCUT2D eigenvalue weighted by atomic mass is 19.1. The number of halogens is 1. The molecule has 1 aromatic carbocycles. The standard InChI is InChI=1S/C22H18FN5O4.C2H2/c1-25-22(31)19-18(20(24)30)27-21-13-10-12(5-6-16(29)15-4-2-3-7-26-15)14(23)11-17(13)32-9-8-28(19)21;1-2/h2-4,7,10-11,16,29H,8-9H2,1H3,(H2,24,30)(H,25,31);1-2H/t16-;/m0./s1. The fraction of sp³-hybridized carbons (Fsp3) is 0.167. The molecular weight excluding hydrogens is 441 g/mol. The van der Waals surface area contributed by atoms with Crippen molar-refractivity contribution in [1.29, 1.82) is 0 Å². The molecule has 0 bridgehead atoms. The van der Waals surface area contributed by atoms with Crippen molar-refractivity contribution in [3.05, 3.63) is 65.0 Å². The van der Waals surface area contributed by atoms with Crippen LogP contribution in [0.25, 0.3) is 11.4 Å². The lowest BCUT2D eigenvalue weighted by atomic mass is 10.1. The molecule has 0 spiro atoms. The molecule has 1 aliphatic heterocycles. The van der Waals surface area contributed by atoms with E-state index in [1.54, 1.807) is 18.2 Å². The molecule has 1 aliphatic rings. The molecule has 34 heavy (non-hydrogen) atoms. The minimum atomic E-state index is -1.21. The Morgan fingerprint density at radius 2 is 2.12 bits per heavy atom. The van der Waals surface area contributed by atoms with Gasteiger partial charge >= 0.3 is 0 Å². The van der Waals surface area contributed by atoms with Gasteiger partial charge in [-0.25, -0.2) is 9.37 Å². The van der Waals surface area contributed by atoms with Crippen molar-refractivity contribution in [2.75, 3.05) is 13.7 Å². The number of fused-ring (bicyclic) bond motifs is 3. The van der Waals surface area contributed by atoms with E-state index in [0.29, 0.717) is 11.3 Å². The quantitative estimate of drug-likeness (QED) is 0.503. The number of aromatic nitrogens is 3. The van der Waals surface area contributed by atoms with Gasteiger partial charge in [0.1, 0.15) is 29.7 Å². The Hall–Kier alpha value is -4.67. The van der Waals surface area contributed by atoms with Crippen LogP contribution in [0.15, 0.2) is 36.5 Å². The summed E-state index contributed by atoms with van der Waals surface area (Å²) < 4.78 is 21.8. The molecule has 4 N–H and O–H groups in total. The Bertz CT molecular complexity index is 1320. The van der Waals surface area contributed by atoms with E-state index in [0.717, 1.165) is 6.07 Å². The Balaban J connectivity index is 0.00000158. The monoisotopic (exact) mass is 461 g/mol. The van der Waals surface area contributed by atoms with Crippen LogP contribution in [0.4, 0.5) is 4.39 Å². The van der Waals surface area contributed by atoms with E-state index >= 15 is 0 Å². The van der Waals surface area contributed by atoms with Crippen molar-refractivity contribution in [2.45, 2.75) is 12.6 Å². The van der Waals surface area contributed by atoms with Gasteiger partial charge in [0.15, 0.2) is 11.8 Å². The zero-order valence-electron chi connectivity index (χ0n) is 18.1. The minimum absolute atomic E-state index is 0.00557. The molecule has 9 nitrogen and oxygen atoms in total. The number of hydrogen-bond donors (Lipinski definition) is 3. The normalized spacial score (nSPS) is 12.1. The fourth-order valence-electron chi connectivity index (χ4n) is 3.35. The van der Waals surface area contributed by atoms with Crippen LogP contribution in [0.5, 0.6) is 5.75 Å². The maximum absolute atomic E-state index is 14.7. The lowest BCUT2D eigenvalue weighted by Crippen LogP contribution is -2.26. The van der Waals surface area contributed by atoms with Crippen molar-refractivity contribution >= 4 is 11.8 Å². The zero-order chi connectivity index (χ0) is 24.8. The lowest BCUT2D eigenvalue weighted by molar-refractivity contribution is 0.0933. The number of amides is 2. The predicted molar refractivity (Wildman–Crippen MR) is 121 cm³/mol. The van der Waals surface area contributed by atoms with E-state index in [9.17, 15) is 19.1 Å². The third-order valence-electron chi connectivity index (χ3n) is 4.84. The number of rotatable bonds is 3. The highest BCUT2D eigenvalue weighted by molar-refractivity contribution is 6.05. The van der Waals surface area contributed by atoms with E-state index in [1.807, 2.05) is 0 Å². The summed E-state index contributed by atoms with van der Waals surface area (Å²) in [4.78, 5) is 32.6. The van der Waals surface area contributed by atoms with Gasteiger partial charge in [-0.3, -0.25) is 14.6 Å². The topological polar surface area (TPSA) is 132 Å². The molecule has 0 aliphatic carbocycles. The Morgan fingerprint density at radius 1 is 1.35 bits per heavy atom. The van der Waals surface area contributed by atoms with Gasteiger partial charge in [0.25, 0.3) is 11.8 Å². The molecule has 0 unspecified atom stereocenters. The number of carbonyl (C=O) groups is 2. The number of pyridine rings is 1. The average molecular weight is 461 g/mol.